The van der Waals surface area contributed by atoms with Crippen molar-refractivity contribution in [3.63, 3.8) is 0 Å². The Labute approximate surface area is 163 Å². The van der Waals surface area contributed by atoms with Crippen LogP contribution < -0.4 is 0 Å². The van der Waals surface area contributed by atoms with E-state index in [-0.39, 0.29) is 0 Å². The summed E-state index contributed by atoms with van der Waals surface area (Å²) >= 11 is 0. The van der Waals surface area contributed by atoms with E-state index in [2.05, 4.69) is 6.92 Å². The summed E-state index contributed by atoms with van der Waals surface area (Å²) in [5.74, 6) is -1.98. The largest absolute Gasteiger partial charge is 0.204 e. The van der Waals surface area contributed by atoms with Crippen LogP contribution in [0.4, 0.5) is 13.2 Å². The fourth-order valence-electron chi connectivity index (χ4n) is 4.50. The van der Waals surface area contributed by atoms with E-state index in [4.69, 9.17) is 0 Å². The van der Waals surface area contributed by atoms with Gasteiger partial charge >= 0.3 is 0 Å². The third-order valence-electron chi connectivity index (χ3n) is 6.32. The van der Waals surface area contributed by atoms with Crippen LogP contribution in [0, 0.1) is 29.3 Å². The van der Waals surface area contributed by atoms with E-state index in [9.17, 15) is 13.2 Å². The Bertz CT molecular complexity index is 509. The zero-order chi connectivity index (χ0) is 19.5. The summed E-state index contributed by atoms with van der Waals surface area (Å²) < 4.78 is 39.6. The average Bonchev–Trinajstić information content (AvgIpc) is 2.67. The highest BCUT2D eigenvalue weighted by atomic mass is 19.2. The van der Waals surface area contributed by atoms with Crippen LogP contribution in [0.5, 0.6) is 0 Å². The van der Waals surface area contributed by atoms with Gasteiger partial charge in [0.05, 0.1) is 0 Å². The van der Waals surface area contributed by atoms with Gasteiger partial charge in [-0.25, -0.2) is 13.2 Å². The maximum atomic E-state index is 13.3. The smallest absolute Gasteiger partial charge is 0.194 e. The van der Waals surface area contributed by atoms with Crippen molar-refractivity contribution in [1.29, 1.82) is 0 Å². The first-order valence-electron chi connectivity index (χ1n) is 11.2. The molecule has 1 aromatic carbocycles. The molecule has 0 N–H and O–H groups in total. The first kappa shape index (κ1) is 22.3. The summed E-state index contributed by atoms with van der Waals surface area (Å²) in [5, 5.41) is 0. The molecule has 0 unspecified atom stereocenters. The highest BCUT2D eigenvalue weighted by Crippen LogP contribution is 2.34. The first-order chi connectivity index (χ1) is 13.1. The molecule has 1 fully saturated rings. The standard InChI is InChI=1S/C24H37F3/c1-2-3-4-5-6-7-8-9-10-19-11-13-20(14-12-19)15-16-21-17-22(25)24(27)23(26)18-21/h17-20H,2-16H2,1H3/t19-,20-. The minimum atomic E-state index is -1.36. The fourth-order valence-corrected chi connectivity index (χ4v) is 4.50. The lowest BCUT2D eigenvalue weighted by Crippen LogP contribution is -2.15. The molecule has 3 heteroatoms. The van der Waals surface area contributed by atoms with Gasteiger partial charge < -0.3 is 0 Å². The molecule has 2 rings (SSSR count). The van der Waals surface area contributed by atoms with E-state index in [1.54, 1.807) is 0 Å². The third kappa shape index (κ3) is 8.27. The molecule has 0 radical (unpaired) electrons. The van der Waals surface area contributed by atoms with Crippen LogP contribution in [-0.2, 0) is 6.42 Å². The van der Waals surface area contributed by atoms with E-state index < -0.39 is 17.5 Å². The summed E-state index contributed by atoms with van der Waals surface area (Å²) in [4.78, 5) is 0. The topological polar surface area (TPSA) is 0 Å². The summed E-state index contributed by atoms with van der Waals surface area (Å²) in [6.07, 6.45) is 19.1. The number of hydrogen-bond donors (Lipinski definition) is 0. The maximum absolute atomic E-state index is 13.3. The van der Waals surface area contributed by atoms with Crippen LogP contribution in [0.3, 0.4) is 0 Å². The van der Waals surface area contributed by atoms with Crippen molar-refractivity contribution in [3.8, 4) is 0 Å². The lowest BCUT2D eigenvalue weighted by Gasteiger charge is -2.28. The minimum absolute atomic E-state index is 0.576. The molecule has 1 aromatic rings. The van der Waals surface area contributed by atoms with Crippen molar-refractivity contribution in [2.45, 2.75) is 103 Å². The van der Waals surface area contributed by atoms with E-state index in [0.717, 1.165) is 24.5 Å². The number of unbranched alkanes of at least 4 members (excludes halogenated alkanes) is 7. The van der Waals surface area contributed by atoms with Gasteiger partial charge in [0, 0.05) is 0 Å². The molecule has 1 saturated carbocycles. The fraction of sp³-hybridized carbons (Fsp3) is 0.750. The molecule has 0 atom stereocenters. The maximum Gasteiger partial charge on any atom is 0.194 e. The van der Waals surface area contributed by atoms with Gasteiger partial charge in [-0.15, -0.1) is 0 Å². The Morgan fingerprint density at radius 3 is 1.74 bits per heavy atom. The summed E-state index contributed by atoms with van der Waals surface area (Å²) in [6, 6.07) is 2.29. The second-order valence-corrected chi connectivity index (χ2v) is 8.56. The lowest BCUT2D eigenvalue weighted by atomic mass is 9.77. The second-order valence-electron chi connectivity index (χ2n) is 8.56. The third-order valence-corrected chi connectivity index (χ3v) is 6.32. The molecule has 0 nitrogen and oxygen atoms in total. The second kappa shape index (κ2) is 12.5. The normalized spacial score (nSPS) is 20.1. The molecule has 0 saturated heterocycles. The summed E-state index contributed by atoms with van der Waals surface area (Å²) in [7, 11) is 0. The number of benzene rings is 1. The quantitative estimate of drug-likeness (QED) is 0.251. The molecule has 154 valence electrons. The van der Waals surface area contributed by atoms with Crippen molar-refractivity contribution < 1.29 is 13.2 Å². The Hall–Kier alpha value is -0.990. The molecule has 0 heterocycles. The molecular formula is C24H37F3. The van der Waals surface area contributed by atoms with E-state index in [1.165, 1.54) is 83.5 Å². The Balaban J connectivity index is 1.54. The molecule has 27 heavy (non-hydrogen) atoms. The summed E-state index contributed by atoms with van der Waals surface area (Å²) in [5.41, 5.74) is 0.576. The molecule has 0 aliphatic heterocycles. The van der Waals surface area contributed by atoms with E-state index in [1.807, 2.05) is 0 Å². The monoisotopic (exact) mass is 382 g/mol. The van der Waals surface area contributed by atoms with Gasteiger partial charge in [-0.2, -0.15) is 0 Å². The zero-order valence-corrected chi connectivity index (χ0v) is 17.0. The highest BCUT2D eigenvalue weighted by Gasteiger charge is 2.21. The molecule has 1 aliphatic rings. The predicted octanol–water partition coefficient (Wildman–Crippen LogP) is 8.37. The Morgan fingerprint density at radius 1 is 0.704 bits per heavy atom. The van der Waals surface area contributed by atoms with Gasteiger partial charge in [0.1, 0.15) is 0 Å². The van der Waals surface area contributed by atoms with Crippen LogP contribution in [-0.4, -0.2) is 0 Å². The van der Waals surface area contributed by atoms with Gasteiger partial charge in [-0.1, -0.05) is 90.4 Å². The molecular weight excluding hydrogens is 345 g/mol. The van der Waals surface area contributed by atoms with E-state index >= 15 is 0 Å². The van der Waals surface area contributed by atoms with Crippen molar-refractivity contribution in [1.82, 2.24) is 0 Å². The zero-order valence-electron chi connectivity index (χ0n) is 17.0. The van der Waals surface area contributed by atoms with Crippen LogP contribution in [0.2, 0.25) is 0 Å². The number of halogens is 3. The predicted molar refractivity (Wildman–Crippen MR) is 107 cm³/mol. The lowest BCUT2D eigenvalue weighted by molar-refractivity contribution is 0.248. The summed E-state index contributed by atoms with van der Waals surface area (Å²) in [6.45, 7) is 2.26. The number of aryl methyl sites for hydroxylation is 1. The SMILES string of the molecule is CCCCCCCCCC[C@H]1CC[C@H](CCc2cc(F)c(F)c(F)c2)CC1. The van der Waals surface area contributed by atoms with Crippen molar-refractivity contribution >= 4 is 0 Å². The molecule has 0 bridgehead atoms. The van der Waals surface area contributed by atoms with Crippen LogP contribution in [0.15, 0.2) is 12.1 Å². The van der Waals surface area contributed by atoms with Gasteiger partial charge in [0.25, 0.3) is 0 Å². The van der Waals surface area contributed by atoms with Gasteiger partial charge in [-0.3, -0.25) is 0 Å². The van der Waals surface area contributed by atoms with Gasteiger partial charge in [-0.05, 0) is 42.4 Å². The molecule has 0 aromatic heterocycles. The average molecular weight is 383 g/mol. The Morgan fingerprint density at radius 2 is 1.19 bits per heavy atom. The van der Waals surface area contributed by atoms with Gasteiger partial charge in [0.2, 0.25) is 0 Å². The molecule has 1 aliphatic carbocycles. The van der Waals surface area contributed by atoms with Crippen molar-refractivity contribution in [2.75, 3.05) is 0 Å². The Kier molecular flexibility index (Phi) is 10.3. The minimum Gasteiger partial charge on any atom is -0.204 e. The number of hydrogen-bond acceptors (Lipinski definition) is 0. The molecule has 0 amide bonds. The van der Waals surface area contributed by atoms with Crippen molar-refractivity contribution in [3.05, 3.63) is 35.1 Å². The van der Waals surface area contributed by atoms with Crippen molar-refractivity contribution in [2.24, 2.45) is 11.8 Å². The van der Waals surface area contributed by atoms with Crippen LogP contribution in [0.25, 0.3) is 0 Å². The van der Waals surface area contributed by atoms with Crippen LogP contribution in [0.1, 0.15) is 102 Å². The van der Waals surface area contributed by atoms with E-state index in [0.29, 0.717) is 17.9 Å². The highest BCUT2D eigenvalue weighted by molar-refractivity contribution is 5.19. The molecule has 0 spiro atoms. The first-order valence-corrected chi connectivity index (χ1v) is 11.2. The van der Waals surface area contributed by atoms with Gasteiger partial charge in [0.15, 0.2) is 17.5 Å². The van der Waals surface area contributed by atoms with Crippen LogP contribution >= 0.6 is 0 Å². The number of rotatable bonds is 12.